The molecule has 4 bridgehead atoms. The van der Waals surface area contributed by atoms with E-state index in [2.05, 4.69) is 84.3 Å². The van der Waals surface area contributed by atoms with Gasteiger partial charge < -0.3 is 4.90 Å². The number of nitrogens with zero attached hydrogens (tertiary/aromatic N) is 2. The average Bonchev–Trinajstić information content (AvgIpc) is 2.88. The van der Waals surface area contributed by atoms with Crippen LogP contribution in [-0.4, -0.2) is 41.9 Å². The monoisotopic (exact) mass is 456 g/mol. The summed E-state index contributed by atoms with van der Waals surface area (Å²) >= 11 is 0. The van der Waals surface area contributed by atoms with E-state index in [0.717, 1.165) is 43.9 Å². The minimum atomic E-state index is 0.0555. The zero-order chi connectivity index (χ0) is 23.3. The molecule has 0 radical (unpaired) electrons. The fraction of sp³-hybridized carbons (Fsp3) is 0.581. The summed E-state index contributed by atoms with van der Waals surface area (Å²) in [6, 6.07) is 22.4. The van der Waals surface area contributed by atoms with Crippen LogP contribution in [0.4, 0.5) is 0 Å². The van der Waals surface area contributed by atoms with Crippen LogP contribution >= 0.6 is 0 Å². The number of piperazine rings is 1. The number of carbonyl (C=O) groups is 1. The van der Waals surface area contributed by atoms with Gasteiger partial charge in [0.25, 0.3) is 0 Å². The summed E-state index contributed by atoms with van der Waals surface area (Å²) in [7, 11) is 0. The van der Waals surface area contributed by atoms with Gasteiger partial charge in [-0.2, -0.15) is 0 Å². The van der Waals surface area contributed by atoms with Crippen molar-refractivity contribution in [3.8, 4) is 0 Å². The quantitative estimate of drug-likeness (QED) is 0.557. The minimum absolute atomic E-state index is 0.0555. The first-order chi connectivity index (χ1) is 16.6. The number of hydrogen-bond acceptors (Lipinski definition) is 2. The Morgan fingerprint density at radius 1 is 0.853 bits per heavy atom. The van der Waals surface area contributed by atoms with Gasteiger partial charge >= 0.3 is 0 Å². The van der Waals surface area contributed by atoms with Crippen LogP contribution in [0.15, 0.2) is 60.7 Å². The Kier molecular flexibility index (Phi) is 5.80. The van der Waals surface area contributed by atoms with Gasteiger partial charge in [-0.15, -0.1) is 0 Å². The fourth-order valence-corrected chi connectivity index (χ4v) is 8.54. The molecule has 2 aromatic carbocycles. The highest BCUT2D eigenvalue weighted by molar-refractivity contribution is 5.78. The van der Waals surface area contributed by atoms with Gasteiger partial charge in [-0.3, -0.25) is 9.69 Å². The molecule has 4 aliphatic carbocycles. The highest BCUT2D eigenvalue weighted by atomic mass is 16.2. The lowest BCUT2D eigenvalue weighted by Crippen LogP contribution is -2.60. The number of carbonyl (C=O) groups excluding carboxylic acids is 1. The molecule has 1 saturated heterocycles. The van der Waals surface area contributed by atoms with E-state index in [4.69, 9.17) is 0 Å². The second kappa shape index (κ2) is 8.82. The van der Waals surface area contributed by atoms with Crippen LogP contribution in [0.1, 0.15) is 63.1 Å². The first-order valence-electron chi connectivity index (χ1n) is 13.7. The van der Waals surface area contributed by atoms with Crippen molar-refractivity contribution >= 4 is 5.91 Å². The molecule has 0 N–H and O–H groups in total. The fourth-order valence-electron chi connectivity index (χ4n) is 8.54. The van der Waals surface area contributed by atoms with Crippen molar-refractivity contribution in [2.75, 3.05) is 26.2 Å². The second-order valence-electron chi connectivity index (χ2n) is 11.8. The molecule has 1 amide bonds. The van der Waals surface area contributed by atoms with Gasteiger partial charge in [0.1, 0.15) is 0 Å². The van der Waals surface area contributed by atoms with Crippen LogP contribution in [0.3, 0.4) is 0 Å². The van der Waals surface area contributed by atoms with Crippen molar-refractivity contribution in [1.29, 1.82) is 0 Å². The first kappa shape index (κ1) is 22.3. The van der Waals surface area contributed by atoms with Crippen LogP contribution in [0, 0.1) is 29.6 Å². The lowest BCUT2D eigenvalue weighted by Gasteiger charge is -2.64. The Labute approximate surface area is 205 Å². The third-order valence-corrected chi connectivity index (χ3v) is 10.5. The number of hydrogen-bond donors (Lipinski definition) is 0. The standard InChI is InChI=1S/C31H40N2O/c1-22-25-17-28-19-26(22)20-29(18-25)31(28,27-11-7-4-8-12-27)21-30(34)33-15-13-32(14-16-33)23(2)24-9-5-3-6-10-24/h3-12,22-23,25-26,28-29H,13-21H2,1-2H3. The van der Waals surface area contributed by atoms with Crippen LogP contribution < -0.4 is 0 Å². The largest absolute Gasteiger partial charge is 0.340 e. The Bertz CT molecular complexity index is 965. The van der Waals surface area contributed by atoms with Gasteiger partial charge in [0.2, 0.25) is 5.91 Å². The van der Waals surface area contributed by atoms with Crippen LogP contribution in [-0.2, 0) is 10.2 Å². The summed E-state index contributed by atoms with van der Waals surface area (Å²) < 4.78 is 0. The Morgan fingerprint density at radius 3 is 1.94 bits per heavy atom. The third-order valence-electron chi connectivity index (χ3n) is 10.5. The van der Waals surface area contributed by atoms with E-state index in [9.17, 15) is 4.79 Å². The Balaban J connectivity index is 1.19. The molecule has 0 spiro atoms. The van der Waals surface area contributed by atoms with Crippen molar-refractivity contribution in [2.24, 2.45) is 29.6 Å². The van der Waals surface area contributed by atoms with E-state index in [1.807, 2.05) is 0 Å². The molecule has 3 heteroatoms. The van der Waals surface area contributed by atoms with Crippen LogP contribution in [0.5, 0.6) is 0 Å². The SMILES string of the molecule is CC1C2CC3CC1CC(C2)C3(CC(=O)N1CCN(C(C)c2ccccc2)CC1)c1ccccc1. The molecule has 3 nitrogen and oxygen atoms in total. The smallest absolute Gasteiger partial charge is 0.223 e. The highest BCUT2D eigenvalue weighted by Crippen LogP contribution is 2.65. The maximum absolute atomic E-state index is 13.9. The van der Waals surface area contributed by atoms with Gasteiger partial charge in [0.15, 0.2) is 0 Å². The molecule has 7 rings (SSSR count). The minimum Gasteiger partial charge on any atom is -0.340 e. The zero-order valence-electron chi connectivity index (χ0n) is 20.9. The van der Waals surface area contributed by atoms with E-state index in [0.29, 0.717) is 30.2 Å². The summed E-state index contributed by atoms with van der Waals surface area (Å²) in [5, 5.41) is 0. The predicted molar refractivity (Wildman–Crippen MR) is 137 cm³/mol. The molecule has 4 saturated carbocycles. The predicted octanol–water partition coefficient (Wildman–Crippen LogP) is 5.92. The van der Waals surface area contributed by atoms with Crippen molar-refractivity contribution in [3.05, 3.63) is 71.8 Å². The van der Waals surface area contributed by atoms with Crippen LogP contribution in [0.25, 0.3) is 0 Å². The summed E-state index contributed by atoms with van der Waals surface area (Å²) in [5.74, 6) is 4.41. The van der Waals surface area contributed by atoms with Gasteiger partial charge in [-0.05, 0) is 73.3 Å². The van der Waals surface area contributed by atoms with E-state index in [1.54, 1.807) is 0 Å². The number of benzene rings is 2. The highest BCUT2D eigenvalue weighted by Gasteiger charge is 2.60. The molecule has 5 aliphatic rings. The topological polar surface area (TPSA) is 23.6 Å². The Morgan fingerprint density at radius 2 is 1.38 bits per heavy atom. The number of rotatable bonds is 5. The molecule has 5 fully saturated rings. The summed E-state index contributed by atoms with van der Waals surface area (Å²) in [4.78, 5) is 18.6. The van der Waals surface area contributed by atoms with Crippen molar-refractivity contribution in [2.45, 2.75) is 57.4 Å². The van der Waals surface area contributed by atoms with E-state index in [1.165, 1.54) is 36.8 Å². The Hall–Kier alpha value is -2.13. The summed E-state index contributed by atoms with van der Waals surface area (Å²) in [6.45, 7) is 8.45. The van der Waals surface area contributed by atoms with Gasteiger partial charge in [0.05, 0.1) is 0 Å². The molecule has 180 valence electrons. The van der Waals surface area contributed by atoms with Crippen molar-refractivity contribution in [1.82, 2.24) is 9.80 Å². The maximum atomic E-state index is 13.9. The van der Waals surface area contributed by atoms with E-state index in [-0.39, 0.29) is 5.41 Å². The van der Waals surface area contributed by atoms with E-state index < -0.39 is 0 Å². The van der Waals surface area contributed by atoms with Crippen molar-refractivity contribution in [3.63, 3.8) is 0 Å². The average molecular weight is 457 g/mol. The van der Waals surface area contributed by atoms with Crippen molar-refractivity contribution < 1.29 is 4.79 Å². The third kappa shape index (κ3) is 3.63. The normalized spacial score (nSPS) is 35.9. The molecule has 0 aromatic heterocycles. The van der Waals surface area contributed by atoms with Gasteiger partial charge in [0, 0.05) is 44.1 Å². The molecule has 1 unspecified atom stereocenters. The zero-order valence-corrected chi connectivity index (χ0v) is 20.9. The maximum Gasteiger partial charge on any atom is 0.223 e. The molecule has 1 aliphatic heterocycles. The van der Waals surface area contributed by atoms with Gasteiger partial charge in [-0.1, -0.05) is 67.6 Å². The van der Waals surface area contributed by atoms with E-state index >= 15 is 0 Å². The molecular formula is C31H40N2O. The lowest BCUT2D eigenvalue weighted by molar-refractivity contribution is -0.144. The number of amides is 1. The molecule has 1 heterocycles. The van der Waals surface area contributed by atoms with Gasteiger partial charge in [-0.25, -0.2) is 0 Å². The summed E-state index contributed by atoms with van der Waals surface area (Å²) in [5.41, 5.74) is 2.87. The summed E-state index contributed by atoms with van der Waals surface area (Å²) in [6.07, 6.45) is 6.04. The lowest BCUT2D eigenvalue weighted by atomic mass is 9.41. The first-order valence-corrected chi connectivity index (χ1v) is 13.7. The molecule has 2 aromatic rings. The molecule has 1 atom stereocenters. The molecular weight excluding hydrogens is 416 g/mol. The van der Waals surface area contributed by atoms with Crippen LogP contribution in [0.2, 0.25) is 0 Å². The second-order valence-corrected chi connectivity index (χ2v) is 11.8. The molecule has 34 heavy (non-hydrogen) atoms.